The number of pyridine rings is 2. The highest BCUT2D eigenvalue weighted by Gasteiger charge is 2.26. The van der Waals surface area contributed by atoms with Gasteiger partial charge in [-0.3, -0.25) is 14.4 Å². The number of imide groups is 1. The van der Waals surface area contributed by atoms with Crippen LogP contribution in [0.4, 0.5) is 0 Å². The van der Waals surface area contributed by atoms with E-state index in [9.17, 15) is 14.4 Å². The third-order valence-corrected chi connectivity index (χ3v) is 5.86. The van der Waals surface area contributed by atoms with Gasteiger partial charge >= 0.3 is 0 Å². The summed E-state index contributed by atoms with van der Waals surface area (Å²) in [6.45, 7) is 6.20. The van der Waals surface area contributed by atoms with E-state index in [1.54, 1.807) is 12.3 Å². The molecule has 0 aliphatic rings. The molecule has 2 aromatic heterocycles. The SMILES string of the molecule is CCCCCCCC(=O)N(C(=O)CCCCCCC)n1c(=O)c(CC)cc2cccnc21. The van der Waals surface area contributed by atoms with Crippen molar-refractivity contribution >= 4 is 22.8 Å². The minimum absolute atomic E-state index is 0.252. The van der Waals surface area contributed by atoms with E-state index >= 15 is 0 Å². The minimum atomic E-state index is -0.336. The fourth-order valence-electron chi connectivity index (χ4n) is 3.95. The van der Waals surface area contributed by atoms with Crippen LogP contribution in [0.5, 0.6) is 0 Å². The molecule has 0 saturated heterocycles. The summed E-state index contributed by atoms with van der Waals surface area (Å²) < 4.78 is 1.23. The van der Waals surface area contributed by atoms with Gasteiger partial charge in [0, 0.05) is 30.0 Å². The van der Waals surface area contributed by atoms with Crippen LogP contribution >= 0.6 is 0 Å². The first-order valence-electron chi connectivity index (χ1n) is 12.4. The van der Waals surface area contributed by atoms with E-state index in [0.29, 0.717) is 30.5 Å². The van der Waals surface area contributed by atoms with E-state index in [1.807, 2.05) is 19.1 Å². The van der Waals surface area contributed by atoms with Crippen molar-refractivity contribution in [3.63, 3.8) is 0 Å². The van der Waals surface area contributed by atoms with Gasteiger partial charge in [-0.25, -0.2) is 4.98 Å². The Balaban J connectivity index is 2.35. The molecule has 6 heteroatoms. The lowest BCUT2D eigenvalue weighted by atomic mass is 10.1. The number of fused-ring (bicyclic) bond motifs is 1. The Morgan fingerprint density at radius 3 is 1.97 bits per heavy atom. The summed E-state index contributed by atoms with van der Waals surface area (Å²) in [5, 5.41) is 1.84. The van der Waals surface area contributed by atoms with Gasteiger partial charge in [-0.2, -0.15) is 9.69 Å². The summed E-state index contributed by atoms with van der Waals surface area (Å²) >= 11 is 0. The molecule has 2 rings (SSSR count). The van der Waals surface area contributed by atoms with E-state index in [4.69, 9.17) is 0 Å². The topological polar surface area (TPSA) is 72.3 Å². The highest BCUT2D eigenvalue weighted by atomic mass is 16.2. The van der Waals surface area contributed by atoms with Gasteiger partial charge in [0.1, 0.15) is 0 Å². The predicted molar refractivity (Wildman–Crippen MR) is 130 cm³/mol. The van der Waals surface area contributed by atoms with E-state index in [2.05, 4.69) is 18.8 Å². The third-order valence-electron chi connectivity index (χ3n) is 5.86. The fraction of sp³-hybridized carbons (Fsp3) is 0.615. The lowest BCUT2D eigenvalue weighted by molar-refractivity contribution is -0.129. The van der Waals surface area contributed by atoms with Crippen LogP contribution in [0.2, 0.25) is 0 Å². The van der Waals surface area contributed by atoms with Crippen LogP contribution in [-0.2, 0) is 16.0 Å². The maximum Gasteiger partial charge on any atom is 0.274 e. The zero-order chi connectivity index (χ0) is 23.3. The van der Waals surface area contributed by atoms with Crippen molar-refractivity contribution in [1.29, 1.82) is 0 Å². The Morgan fingerprint density at radius 1 is 0.875 bits per heavy atom. The van der Waals surface area contributed by atoms with Crippen LogP contribution in [-0.4, -0.2) is 21.5 Å². The monoisotopic (exact) mass is 441 g/mol. The standard InChI is InChI=1S/C26H39N3O3/c1-4-7-9-11-13-17-23(30)28(24(31)18-14-12-10-8-5-2)29-25-22(16-15-19-27-25)20-21(6-3)26(29)32/h15-16,19-20H,4-14,17-18H2,1-3H3. The number of aryl methyl sites for hydroxylation is 1. The van der Waals surface area contributed by atoms with Crippen molar-refractivity contribution in [2.45, 2.75) is 104 Å². The van der Waals surface area contributed by atoms with Gasteiger partial charge in [0.05, 0.1) is 0 Å². The van der Waals surface area contributed by atoms with Gasteiger partial charge in [-0.1, -0.05) is 72.1 Å². The Morgan fingerprint density at radius 2 is 1.44 bits per heavy atom. The zero-order valence-electron chi connectivity index (χ0n) is 20.1. The maximum absolute atomic E-state index is 13.3. The van der Waals surface area contributed by atoms with Gasteiger partial charge in [0.2, 0.25) is 11.8 Å². The molecule has 0 bridgehead atoms. The van der Waals surface area contributed by atoms with Gasteiger partial charge < -0.3 is 0 Å². The molecule has 6 nitrogen and oxygen atoms in total. The number of aromatic nitrogens is 2. The molecule has 0 radical (unpaired) electrons. The van der Waals surface area contributed by atoms with Crippen molar-refractivity contribution in [1.82, 2.24) is 9.66 Å². The number of carbonyl (C=O) groups is 2. The number of rotatable bonds is 14. The summed E-state index contributed by atoms with van der Waals surface area (Å²) in [6.07, 6.45) is 12.6. The van der Waals surface area contributed by atoms with Crippen molar-refractivity contribution in [3.05, 3.63) is 40.3 Å². The first kappa shape index (κ1) is 25.8. The molecule has 0 aliphatic heterocycles. The molecule has 0 saturated carbocycles. The summed E-state index contributed by atoms with van der Waals surface area (Å²) in [6, 6.07) is 5.47. The molecular weight excluding hydrogens is 402 g/mol. The largest absolute Gasteiger partial charge is 0.274 e. The lowest BCUT2D eigenvalue weighted by Crippen LogP contribution is -2.51. The van der Waals surface area contributed by atoms with Gasteiger partial charge in [-0.15, -0.1) is 0 Å². The number of unbranched alkanes of at least 4 members (excludes halogenated alkanes) is 8. The lowest BCUT2D eigenvalue weighted by Gasteiger charge is -2.24. The van der Waals surface area contributed by atoms with Gasteiger partial charge in [0.25, 0.3) is 5.56 Å². The van der Waals surface area contributed by atoms with Crippen LogP contribution in [0, 0.1) is 0 Å². The predicted octanol–water partition coefficient (Wildman–Crippen LogP) is 5.67. The van der Waals surface area contributed by atoms with Crippen LogP contribution in [0.15, 0.2) is 29.2 Å². The average molecular weight is 442 g/mol. The van der Waals surface area contributed by atoms with Crippen LogP contribution in [0.1, 0.15) is 103 Å². The zero-order valence-corrected chi connectivity index (χ0v) is 20.1. The van der Waals surface area contributed by atoms with Crippen LogP contribution < -0.4 is 10.6 Å². The number of carbonyl (C=O) groups excluding carboxylic acids is 2. The van der Waals surface area contributed by atoms with Crippen molar-refractivity contribution in [3.8, 4) is 0 Å². The molecule has 0 N–H and O–H groups in total. The number of nitrogens with zero attached hydrogens (tertiary/aromatic N) is 3. The fourth-order valence-corrected chi connectivity index (χ4v) is 3.95. The van der Waals surface area contributed by atoms with Crippen molar-refractivity contribution < 1.29 is 9.59 Å². The van der Waals surface area contributed by atoms with E-state index in [0.717, 1.165) is 61.8 Å². The molecule has 176 valence electrons. The molecule has 32 heavy (non-hydrogen) atoms. The van der Waals surface area contributed by atoms with Gasteiger partial charge in [0.15, 0.2) is 5.65 Å². The molecule has 0 aliphatic carbocycles. The molecule has 2 amide bonds. The Bertz CT molecular complexity index is 910. The third kappa shape index (κ3) is 7.01. The quantitative estimate of drug-likeness (QED) is 0.354. The smallest absolute Gasteiger partial charge is 0.273 e. The highest BCUT2D eigenvalue weighted by molar-refractivity contribution is 6.09. The first-order valence-corrected chi connectivity index (χ1v) is 12.4. The Kier molecular flexibility index (Phi) is 11.1. The minimum Gasteiger partial charge on any atom is -0.273 e. The first-order chi connectivity index (χ1) is 15.5. The van der Waals surface area contributed by atoms with E-state index in [1.165, 1.54) is 4.68 Å². The average Bonchev–Trinajstić information content (AvgIpc) is 2.80. The maximum atomic E-state index is 13.3. The normalized spacial score (nSPS) is 11.1. The highest BCUT2D eigenvalue weighted by Crippen LogP contribution is 2.15. The number of hydrogen-bond donors (Lipinski definition) is 0. The summed E-state index contributed by atoms with van der Waals surface area (Å²) in [7, 11) is 0. The molecule has 0 atom stereocenters. The Hall–Kier alpha value is -2.50. The molecule has 2 heterocycles. The Labute approximate surface area is 192 Å². The van der Waals surface area contributed by atoms with Crippen molar-refractivity contribution in [2.24, 2.45) is 0 Å². The molecule has 0 spiro atoms. The van der Waals surface area contributed by atoms with Crippen LogP contribution in [0.25, 0.3) is 11.0 Å². The molecule has 0 aromatic carbocycles. The second-order valence-corrected chi connectivity index (χ2v) is 8.48. The van der Waals surface area contributed by atoms with Crippen molar-refractivity contribution in [2.75, 3.05) is 5.01 Å². The second kappa shape index (κ2) is 13.8. The van der Waals surface area contributed by atoms with E-state index in [-0.39, 0.29) is 30.2 Å². The molecule has 2 aromatic rings. The number of amides is 2. The second-order valence-electron chi connectivity index (χ2n) is 8.48. The molecule has 0 fully saturated rings. The number of hydrogen-bond acceptors (Lipinski definition) is 4. The molecule has 0 unspecified atom stereocenters. The van der Waals surface area contributed by atoms with E-state index < -0.39 is 0 Å². The summed E-state index contributed by atoms with van der Waals surface area (Å²) in [5.74, 6) is -0.635. The summed E-state index contributed by atoms with van der Waals surface area (Å²) in [5.41, 5.74) is 0.590. The van der Waals surface area contributed by atoms with Crippen LogP contribution in [0.3, 0.4) is 0 Å². The summed E-state index contributed by atoms with van der Waals surface area (Å²) in [4.78, 5) is 44.2. The molecular formula is C26H39N3O3. The van der Waals surface area contributed by atoms with Gasteiger partial charge in [-0.05, 0) is 37.5 Å².